The third-order valence-electron chi connectivity index (χ3n) is 2.53. The van der Waals surface area contributed by atoms with Gasteiger partial charge >= 0.3 is 5.97 Å². The molecule has 0 heterocycles. The van der Waals surface area contributed by atoms with Crippen LogP contribution in [0.1, 0.15) is 24.2 Å². The highest BCUT2D eigenvalue weighted by Gasteiger charge is 2.25. The highest BCUT2D eigenvalue weighted by atomic mass is 16.6. The molecule has 0 aliphatic carbocycles. The van der Waals surface area contributed by atoms with Crippen molar-refractivity contribution in [1.29, 1.82) is 0 Å². The first-order chi connectivity index (χ1) is 9.32. The monoisotopic (exact) mass is 280 g/mol. The summed E-state index contributed by atoms with van der Waals surface area (Å²) >= 11 is 0. The summed E-state index contributed by atoms with van der Waals surface area (Å²) < 4.78 is 0. The molecular weight excluding hydrogens is 264 g/mol. The molecule has 0 fully saturated rings. The van der Waals surface area contributed by atoms with Gasteiger partial charge in [-0.1, -0.05) is 26.0 Å². The smallest absolute Gasteiger partial charge is 0.323 e. The largest absolute Gasteiger partial charge is 0.480 e. The first kappa shape index (κ1) is 15.6. The van der Waals surface area contributed by atoms with Crippen molar-refractivity contribution >= 4 is 17.6 Å². The molecule has 1 aromatic rings. The normalized spacial score (nSPS) is 10.3. The SMILES string of the molecule is CC(C)CN(CC(=O)O)C(=O)c1ccccc1[N+](=O)[O-]. The highest BCUT2D eigenvalue weighted by Crippen LogP contribution is 2.20. The van der Waals surface area contributed by atoms with Crippen molar-refractivity contribution in [2.24, 2.45) is 5.92 Å². The third kappa shape index (κ3) is 4.04. The van der Waals surface area contributed by atoms with E-state index in [1.54, 1.807) is 0 Å². The van der Waals surface area contributed by atoms with Gasteiger partial charge in [0.1, 0.15) is 12.1 Å². The Morgan fingerprint density at radius 2 is 1.95 bits per heavy atom. The van der Waals surface area contributed by atoms with Crippen LogP contribution in [0.2, 0.25) is 0 Å². The van der Waals surface area contributed by atoms with Gasteiger partial charge in [0.15, 0.2) is 0 Å². The number of carboxylic acid groups (broad SMARTS) is 1. The van der Waals surface area contributed by atoms with E-state index in [9.17, 15) is 19.7 Å². The van der Waals surface area contributed by atoms with Crippen LogP contribution in [0.15, 0.2) is 24.3 Å². The molecule has 0 saturated heterocycles. The van der Waals surface area contributed by atoms with Crippen molar-refractivity contribution in [1.82, 2.24) is 4.90 Å². The van der Waals surface area contributed by atoms with E-state index in [1.165, 1.54) is 24.3 Å². The average Bonchev–Trinajstić information content (AvgIpc) is 2.36. The minimum Gasteiger partial charge on any atom is -0.480 e. The van der Waals surface area contributed by atoms with Crippen LogP contribution in [0.25, 0.3) is 0 Å². The number of rotatable bonds is 6. The molecule has 20 heavy (non-hydrogen) atoms. The number of para-hydroxylation sites is 1. The molecule has 1 N–H and O–H groups in total. The van der Waals surface area contributed by atoms with Gasteiger partial charge in [0, 0.05) is 12.6 Å². The van der Waals surface area contributed by atoms with Gasteiger partial charge in [-0.3, -0.25) is 19.7 Å². The predicted octanol–water partition coefficient (Wildman–Crippen LogP) is 1.78. The van der Waals surface area contributed by atoms with Crippen molar-refractivity contribution in [3.8, 4) is 0 Å². The Labute approximate surface area is 116 Å². The summed E-state index contributed by atoms with van der Waals surface area (Å²) in [5.41, 5.74) is -0.420. The fourth-order valence-electron chi connectivity index (χ4n) is 1.81. The van der Waals surface area contributed by atoms with Gasteiger partial charge < -0.3 is 10.0 Å². The molecule has 108 valence electrons. The lowest BCUT2D eigenvalue weighted by Gasteiger charge is -2.22. The molecule has 0 unspecified atom stereocenters. The first-order valence-corrected chi connectivity index (χ1v) is 6.07. The van der Waals surface area contributed by atoms with Crippen LogP contribution in [0, 0.1) is 16.0 Å². The van der Waals surface area contributed by atoms with Crippen LogP contribution in [-0.2, 0) is 4.79 Å². The number of nitro groups is 1. The molecule has 0 aliphatic heterocycles. The lowest BCUT2D eigenvalue weighted by molar-refractivity contribution is -0.385. The summed E-state index contributed by atoms with van der Waals surface area (Å²) in [6, 6.07) is 5.52. The molecule has 0 aliphatic rings. The summed E-state index contributed by atoms with van der Waals surface area (Å²) in [6.07, 6.45) is 0. The quantitative estimate of drug-likeness (QED) is 0.632. The van der Waals surface area contributed by atoms with Crippen molar-refractivity contribution in [3.63, 3.8) is 0 Å². The number of nitrogens with zero attached hydrogens (tertiary/aromatic N) is 2. The van der Waals surface area contributed by atoms with Gasteiger partial charge in [-0.2, -0.15) is 0 Å². The fraction of sp³-hybridized carbons (Fsp3) is 0.385. The average molecular weight is 280 g/mol. The number of hydrogen-bond donors (Lipinski definition) is 1. The van der Waals surface area contributed by atoms with Crippen molar-refractivity contribution < 1.29 is 19.6 Å². The second-order valence-electron chi connectivity index (χ2n) is 4.75. The van der Waals surface area contributed by atoms with Crippen LogP contribution in [0.4, 0.5) is 5.69 Å². The molecule has 7 heteroatoms. The van der Waals surface area contributed by atoms with Gasteiger partial charge in [0.05, 0.1) is 4.92 Å². The Bertz CT molecular complexity index is 527. The molecule has 0 spiro atoms. The Hall–Kier alpha value is -2.44. The number of amides is 1. The number of benzene rings is 1. The Morgan fingerprint density at radius 3 is 2.45 bits per heavy atom. The van der Waals surface area contributed by atoms with E-state index in [4.69, 9.17) is 5.11 Å². The van der Waals surface area contributed by atoms with E-state index >= 15 is 0 Å². The van der Waals surface area contributed by atoms with Crippen LogP contribution in [0.3, 0.4) is 0 Å². The van der Waals surface area contributed by atoms with E-state index in [0.29, 0.717) is 0 Å². The maximum absolute atomic E-state index is 12.3. The van der Waals surface area contributed by atoms with Gasteiger partial charge in [-0.05, 0) is 12.0 Å². The van der Waals surface area contributed by atoms with Crippen LogP contribution >= 0.6 is 0 Å². The fourth-order valence-corrected chi connectivity index (χ4v) is 1.81. The first-order valence-electron chi connectivity index (χ1n) is 6.07. The molecule has 1 amide bonds. The summed E-state index contributed by atoms with van der Waals surface area (Å²) in [7, 11) is 0. The Morgan fingerprint density at radius 1 is 1.35 bits per heavy atom. The Balaban J connectivity index is 3.11. The van der Waals surface area contributed by atoms with Crippen molar-refractivity contribution in [3.05, 3.63) is 39.9 Å². The summed E-state index contributed by atoms with van der Waals surface area (Å²) in [6.45, 7) is 3.41. The van der Waals surface area contributed by atoms with Gasteiger partial charge in [-0.15, -0.1) is 0 Å². The molecule has 1 aromatic carbocycles. The number of hydrogen-bond acceptors (Lipinski definition) is 4. The molecule has 0 radical (unpaired) electrons. The van der Waals surface area contributed by atoms with Crippen LogP contribution in [-0.4, -0.2) is 39.9 Å². The maximum Gasteiger partial charge on any atom is 0.323 e. The molecular formula is C13H16N2O5. The third-order valence-corrected chi connectivity index (χ3v) is 2.53. The number of carbonyl (C=O) groups is 2. The molecule has 1 rings (SSSR count). The van der Waals surface area contributed by atoms with E-state index in [2.05, 4.69) is 0 Å². The standard InChI is InChI=1S/C13H16N2O5/c1-9(2)7-14(8-12(16)17)13(18)10-5-3-4-6-11(10)15(19)20/h3-6,9H,7-8H2,1-2H3,(H,16,17). The number of carbonyl (C=O) groups excluding carboxylic acids is 1. The summed E-state index contributed by atoms with van der Waals surface area (Å²) in [5, 5.41) is 19.8. The minimum atomic E-state index is -1.16. The zero-order valence-corrected chi connectivity index (χ0v) is 11.3. The van der Waals surface area contributed by atoms with Crippen molar-refractivity contribution in [2.45, 2.75) is 13.8 Å². The van der Waals surface area contributed by atoms with Crippen LogP contribution < -0.4 is 0 Å². The van der Waals surface area contributed by atoms with Crippen molar-refractivity contribution in [2.75, 3.05) is 13.1 Å². The maximum atomic E-state index is 12.3. The lowest BCUT2D eigenvalue weighted by Crippen LogP contribution is -2.38. The topological polar surface area (TPSA) is 101 Å². The van der Waals surface area contributed by atoms with E-state index < -0.39 is 23.3 Å². The zero-order chi connectivity index (χ0) is 15.3. The number of carboxylic acids is 1. The minimum absolute atomic E-state index is 0.0565. The lowest BCUT2D eigenvalue weighted by atomic mass is 10.1. The molecule has 0 saturated carbocycles. The number of nitro benzene ring substituents is 1. The highest BCUT2D eigenvalue weighted by molar-refractivity contribution is 5.99. The van der Waals surface area contributed by atoms with Gasteiger partial charge in [0.25, 0.3) is 11.6 Å². The number of aliphatic carboxylic acids is 1. The second-order valence-corrected chi connectivity index (χ2v) is 4.75. The van der Waals surface area contributed by atoms with Crippen LogP contribution in [0.5, 0.6) is 0 Å². The zero-order valence-electron chi connectivity index (χ0n) is 11.3. The van der Waals surface area contributed by atoms with E-state index in [1.807, 2.05) is 13.8 Å². The molecule has 7 nitrogen and oxygen atoms in total. The molecule has 0 bridgehead atoms. The van der Waals surface area contributed by atoms with E-state index in [0.717, 1.165) is 4.90 Å². The predicted molar refractivity (Wildman–Crippen MR) is 71.5 cm³/mol. The van der Waals surface area contributed by atoms with E-state index in [-0.39, 0.29) is 23.7 Å². The van der Waals surface area contributed by atoms with Gasteiger partial charge in [-0.25, -0.2) is 0 Å². The second kappa shape index (κ2) is 6.65. The molecule has 0 aromatic heterocycles. The Kier molecular flexibility index (Phi) is 5.19. The summed E-state index contributed by atoms with van der Waals surface area (Å²) in [4.78, 5) is 34.5. The molecule has 0 atom stereocenters. The van der Waals surface area contributed by atoms with Gasteiger partial charge in [0.2, 0.25) is 0 Å². The summed E-state index contributed by atoms with van der Waals surface area (Å²) in [5.74, 6) is -1.74.